The van der Waals surface area contributed by atoms with Crippen LogP contribution in [-0.4, -0.2) is 57.2 Å². The van der Waals surface area contributed by atoms with Crippen LogP contribution in [0.15, 0.2) is 54.3 Å². The summed E-state index contributed by atoms with van der Waals surface area (Å²) < 4.78 is 5.83. The third-order valence-corrected chi connectivity index (χ3v) is 6.14. The molecule has 2 heterocycles. The highest BCUT2D eigenvalue weighted by atomic mass is 16.5. The van der Waals surface area contributed by atoms with Gasteiger partial charge in [0.2, 0.25) is 0 Å². The van der Waals surface area contributed by atoms with Gasteiger partial charge in [0.1, 0.15) is 6.61 Å². The van der Waals surface area contributed by atoms with E-state index >= 15 is 0 Å². The van der Waals surface area contributed by atoms with E-state index in [4.69, 9.17) is 4.74 Å². The Morgan fingerprint density at radius 3 is 2.26 bits per heavy atom. The molecular formula is C26H33N3O2. The molecular weight excluding hydrogens is 386 g/mol. The second-order valence-corrected chi connectivity index (χ2v) is 9.46. The van der Waals surface area contributed by atoms with Gasteiger partial charge in [-0.3, -0.25) is 4.79 Å². The zero-order chi connectivity index (χ0) is 22.0. The number of carbonyl (C=O) groups is 1. The molecule has 0 saturated carbocycles. The van der Waals surface area contributed by atoms with Gasteiger partial charge in [0.05, 0.1) is 6.54 Å². The molecule has 0 aromatic heterocycles. The molecule has 1 amide bonds. The van der Waals surface area contributed by atoms with Crippen molar-refractivity contribution in [1.82, 2.24) is 4.90 Å². The first-order valence-corrected chi connectivity index (χ1v) is 11.1. The normalized spacial score (nSPS) is 19.6. The SMILES string of the molecule is CN1CCN(c2ccccc2/C=C2\OCCN(c3ccc(C(C)(C)C)cc3)C2=O)CC1. The number of ether oxygens (including phenoxy) is 1. The molecule has 31 heavy (non-hydrogen) atoms. The van der Waals surface area contributed by atoms with E-state index in [2.05, 4.69) is 68.0 Å². The maximum atomic E-state index is 13.3. The molecule has 2 fully saturated rings. The van der Waals surface area contributed by atoms with Crippen LogP contribution in [0.1, 0.15) is 31.9 Å². The predicted octanol–water partition coefficient (Wildman–Crippen LogP) is 4.14. The van der Waals surface area contributed by atoms with Crippen LogP contribution >= 0.6 is 0 Å². The van der Waals surface area contributed by atoms with Crippen molar-refractivity contribution in [2.75, 3.05) is 56.2 Å². The molecule has 0 atom stereocenters. The summed E-state index contributed by atoms with van der Waals surface area (Å²) in [5.41, 5.74) is 4.45. The summed E-state index contributed by atoms with van der Waals surface area (Å²) in [6.07, 6.45) is 1.91. The Morgan fingerprint density at radius 2 is 1.58 bits per heavy atom. The van der Waals surface area contributed by atoms with E-state index in [0.717, 1.165) is 43.1 Å². The molecule has 5 heteroatoms. The maximum Gasteiger partial charge on any atom is 0.293 e. The van der Waals surface area contributed by atoms with Crippen LogP contribution in [0, 0.1) is 0 Å². The molecule has 0 radical (unpaired) electrons. The molecule has 2 aliphatic rings. The first-order valence-electron chi connectivity index (χ1n) is 11.1. The second-order valence-electron chi connectivity index (χ2n) is 9.46. The Bertz CT molecular complexity index is 951. The fourth-order valence-corrected chi connectivity index (χ4v) is 4.12. The van der Waals surface area contributed by atoms with E-state index in [9.17, 15) is 4.79 Å². The highest BCUT2D eigenvalue weighted by Gasteiger charge is 2.27. The Kier molecular flexibility index (Phi) is 6.05. The number of rotatable bonds is 3. The highest BCUT2D eigenvalue weighted by molar-refractivity contribution is 6.07. The third kappa shape index (κ3) is 4.77. The quantitative estimate of drug-likeness (QED) is 0.701. The van der Waals surface area contributed by atoms with Crippen LogP contribution in [-0.2, 0) is 14.9 Å². The molecule has 2 aromatic rings. The molecule has 0 aliphatic carbocycles. The maximum absolute atomic E-state index is 13.3. The van der Waals surface area contributed by atoms with Gasteiger partial charge in [-0.25, -0.2) is 0 Å². The standard InChI is InChI=1S/C26H33N3O2/c1-26(2,3)21-9-11-22(12-10-21)29-17-18-31-24(25(29)30)19-20-7-5-6-8-23(20)28-15-13-27(4)14-16-28/h5-12,19H,13-18H2,1-4H3/b24-19-. The number of anilines is 2. The lowest BCUT2D eigenvalue weighted by molar-refractivity contribution is -0.120. The zero-order valence-corrected chi connectivity index (χ0v) is 19.1. The fourth-order valence-electron chi connectivity index (χ4n) is 4.12. The second kappa shape index (κ2) is 8.75. The molecule has 5 nitrogen and oxygen atoms in total. The van der Waals surface area contributed by atoms with Gasteiger partial charge < -0.3 is 19.4 Å². The van der Waals surface area contributed by atoms with Crippen molar-refractivity contribution in [2.45, 2.75) is 26.2 Å². The van der Waals surface area contributed by atoms with E-state index in [-0.39, 0.29) is 11.3 Å². The van der Waals surface area contributed by atoms with Crippen LogP contribution in [0.5, 0.6) is 0 Å². The number of likely N-dealkylation sites (N-methyl/N-ethyl adjacent to an activating group) is 1. The van der Waals surface area contributed by atoms with E-state index in [0.29, 0.717) is 18.9 Å². The lowest BCUT2D eigenvalue weighted by Crippen LogP contribution is -2.44. The van der Waals surface area contributed by atoms with Gasteiger partial charge in [-0.15, -0.1) is 0 Å². The minimum atomic E-state index is -0.0806. The van der Waals surface area contributed by atoms with Crippen LogP contribution in [0.4, 0.5) is 11.4 Å². The monoisotopic (exact) mass is 419 g/mol. The number of carbonyl (C=O) groups excluding carboxylic acids is 1. The number of morpholine rings is 1. The fraction of sp³-hybridized carbons (Fsp3) is 0.423. The van der Waals surface area contributed by atoms with E-state index in [1.165, 1.54) is 5.56 Å². The van der Waals surface area contributed by atoms with Crippen molar-refractivity contribution in [3.05, 3.63) is 65.4 Å². The summed E-state index contributed by atoms with van der Waals surface area (Å²) in [5, 5.41) is 0. The molecule has 2 aliphatic heterocycles. The van der Waals surface area contributed by atoms with Gasteiger partial charge in [0, 0.05) is 43.1 Å². The Labute approximate surface area is 185 Å². The molecule has 164 valence electrons. The number of piperazine rings is 1. The number of hydrogen-bond acceptors (Lipinski definition) is 4. The minimum absolute atomic E-state index is 0.0806. The number of hydrogen-bond donors (Lipinski definition) is 0. The predicted molar refractivity (Wildman–Crippen MR) is 128 cm³/mol. The number of amides is 1. The summed E-state index contributed by atoms with van der Waals surface area (Å²) in [5.74, 6) is 0.329. The topological polar surface area (TPSA) is 36.0 Å². The van der Waals surface area contributed by atoms with E-state index < -0.39 is 0 Å². The molecule has 4 rings (SSSR count). The van der Waals surface area contributed by atoms with Gasteiger partial charge in [0.15, 0.2) is 5.76 Å². The molecule has 2 saturated heterocycles. The Morgan fingerprint density at radius 1 is 0.903 bits per heavy atom. The van der Waals surface area contributed by atoms with Gasteiger partial charge >= 0.3 is 0 Å². The largest absolute Gasteiger partial charge is 0.486 e. The van der Waals surface area contributed by atoms with Crippen molar-refractivity contribution in [3.63, 3.8) is 0 Å². The van der Waals surface area contributed by atoms with Crippen LogP contribution in [0.2, 0.25) is 0 Å². The summed E-state index contributed by atoms with van der Waals surface area (Å²) in [6.45, 7) is 11.7. The molecule has 0 bridgehead atoms. The average Bonchev–Trinajstić information content (AvgIpc) is 2.76. The Balaban J connectivity index is 1.57. The van der Waals surface area contributed by atoms with Gasteiger partial charge in [-0.1, -0.05) is 51.1 Å². The molecule has 0 N–H and O–H groups in total. The lowest BCUT2D eigenvalue weighted by atomic mass is 9.87. The zero-order valence-electron chi connectivity index (χ0n) is 19.1. The van der Waals surface area contributed by atoms with Crippen LogP contribution in [0.25, 0.3) is 6.08 Å². The van der Waals surface area contributed by atoms with Crippen LogP contribution in [0.3, 0.4) is 0 Å². The van der Waals surface area contributed by atoms with Crippen LogP contribution < -0.4 is 9.80 Å². The van der Waals surface area contributed by atoms with E-state index in [1.807, 2.05) is 29.2 Å². The van der Waals surface area contributed by atoms with Crippen molar-refractivity contribution in [1.29, 1.82) is 0 Å². The molecule has 2 aromatic carbocycles. The van der Waals surface area contributed by atoms with Crippen molar-refractivity contribution < 1.29 is 9.53 Å². The number of benzene rings is 2. The molecule has 0 unspecified atom stereocenters. The highest BCUT2D eigenvalue weighted by Crippen LogP contribution is 2.29. The smallest absolute Gasteiger partial charge is 0.293 e. The number of nitrogens with zero attached hydrogens (tertiary/aromatic N) is 3. The van der Waals surface area contributed by atoms with Gasteiger partial charge in [0.25, 0.3) is 5.91 Å². The Hall–Kier alpha value is -2.79. The first kappa shape index (κ1) is 21.4. The average molecular weight is 420 g/mol. The summed E-state index contributed by atoms with van der Waals surface area (Å²) in [6, 6.07) is 16.6. The first-order chi connectivity index (χ1) is 14.8. The van der Waals surface area contributed by atoms with Gasteiger partial charge in [-0.05, 0) is 42.3 Å². The number of para-hydroxylation sites is 1. The molecule has 0 spiro atoms. The third-order valence-electron chi connectivity index (χ3n) is 6.14. The van der Waals surface area contributed by atoms with E-state index in [1.54, 1.807) is 0 Å². The van der Waals surface area contributed by atoms with Gasteiger partial charge in [-0.2, -0.15) is 0 Å². The van der Waals surface area contributed by atoms with Crippen molar-refractivity contribution in [2.24, 2.45) is 0 Å². The van der Waals surface area contributed by atoms with Crippen molar-refractivity contribution >= 4 is 23.4 Å². The minimum Gasteiger partial charge on any atom is -0.486 e. The summed E-state index contributed by atoms with van der Waals surface area (Å²) in [4.78, 5) is 19.8. The van der Waals surface area contributed by atoms with Crippen molar-refractivity contribution in [3.8, 4) is 0 Å². The summed E-state index contributed by atoms with van der Waals surface area (Å²) >= 11 is 0. The lowest BCUT2D eigenvalue weighted by Gasteiger charge is -2.35. The summed E-state index contributed by atoms with van der Waals surface area (Å²) in [7, 11) is 2.16.